The fourth-order valence-electron chi connectivity index (χ4n) is 4.12. The van der Waals surface area contributed by atoms with Gasteiger partial charge in [-0.3, -0.25) is 4.90 Å². The Labute approximate surface area is 111 Å². The van der Waals surface area contributed by atoms with Crippen LogP contribution in [0.15, 0.2) is 0 Å². The van der Waals surface area contributed by atoms with E-state index >= 15 is 0 Å². The Morgan fingerprint density at radius 2 is 2.00 bits per heavy atom. The van der Waals surface area contributed by atoms with Gasteiger partial charge in [0.25, 0.3) is 0 Å². The molecule has 0 aromatic carbocycles. The summed E-state index contributed by atoms with van der Waals surface area (Å²) in [5.74, 6) is 1.32. The Morgan fingerprint density at radius 1 is 1.22 bits per heavy atom. The van der Waals surface area contributed by atoms with E-state index in [1.807, 2.05) is 0 Å². The Kier molecular flexibility index (Phi) is 4.68. The largest absolute Gasteiger partial charge is 0.396 e. The van der Waals surface area contributed by atoms with Crippen molar-refractivity contribution in [2.45, 2.75) is 52.0 Å². The van der Waals surface area contributed by atoms with Crippen molar-refractivity contribution in [3.63, 3.8) is 0 Å². The number of aliphatic hydroxyl groups is 2. The lowest BCUT2D eigenvalue weighted by atomic mass is 9.70. The Morgan fingerprint density at radius 3 is 2.61 bits per heavy atom. The number of hydrogen-bond donors (Lipinski definition) is 2. The van der Waals surface area contributed by atoms with Crippen molar-refractivity contribution in [3.8, 4) is 0 Å². The first-order valence-corrected chi connectivity index (χ1v) is 7.56. The van der Waals surface area contributed by atoms with Crippen molar-refractivity contribution in [1.82, 2.24) is 4.90 Å². The van der Waals surface area contributed by atoms with Crippen LogP contribution in [0.1, 0.15) is 46.0 Å². The van der Waals surface area contributed by atoms with Crippen molar-refractivity contribution in [2.75, 3.05) is 26.3 Å². The first-order valence-electron chi connectivity index (χ1n) is 7.56. The van der Waals surface area contributed by atoms with E-state index in [-0.39, 0.29) is 12.0 Å². The molecule has 3 heteroatoms. The second-order valence-electron chi connectivity index (χ2n) is 6.85. The minimum absolute atomic E-state index is 0.0924. The number of rotatable bonds is 4. The summed E-state index contributed by atoms with van der Waals surface area (Å²) in [7, 11) is 0. The molecule has 2 N–H and O–H groups in total. The van der Waals surface area contributed by atoms with Crippen LogP contribution in [0.3, 0.4) is 0 Å². The fraction of sp³-hybridized carbons (Fsp3) is 1.00. The van der Waals surface area contributed by atoms with Crippen molar-refractivity contribution in [2.24, 2.45) is 17.3 Å². The van der Waals surface area contributed by atoms with E-state index in [4.69, 9.17) is 0 Å². The fourth-order valence-corrected chi connectivity index (χ4v) is 4.12. The van der Waals surface area contributed by atoms with Gasteiger partial charge in [0.05, 0.1) is 6.61 Å². The van der Waals surface area contributed by atoms with Crippen LogP contribution in [0.4, 0.5) is 0 Å². The van der Waals surface area contributed by atoms with Crippen LogP contribution in [0.5, 0.6) is 0 Å². The van der Waals surface area contributed by atoms with Gasteiger partial charge < -0.3 is 10.2 Å². The summed E-state index contributed by atoms with van der Waals surface area (Å²) in [4.78, 5) is 2.43. The molecule has 18 heavy (non-hydrogen) atoms. The quantitative estimate of drug-likeness (QED) is 0.806. The van der Waals surface area contributed by atoms with Crippen LogP contribution in [-0.4, -0.2) is 47.5 Å². The number of likely N-dealkylation sites (tertiary alicyclic amines) is 1. The van der Waals surface area contributed by atoms with E-state index in [1.54, 1.807) is 0 Å². The molecule has 2 rings (SSSR count). The van der Waals surface area contributed by atoms with Crippen molar-refractivity contribution < 1.29 is 10.2 Å². The number of aliphatic hydroxyl groups excluding tert-OH is 2. The molecule has 2 fully saturated rings. The average molecular weight is 255 g/mol. The van der Waals surface area contributed by atoms with Crippen LogP contribution < -0.4 is 0 Å². The highest BCUT2D eigenvalue weighted by atomic mass is 16.3. The summed E-state index contributed by atoms with van der Waals surface area (Å²) in [5, 5.41) is 19.4. The first kappa shape index (κ1) is 14.3. The molecule has 2 aliphatic rings. The molecule has 0 radical (unpaired) electrons. The van der Waals surface area contributed by atoms with E-state index in [1.165, 1.54) is 19.3 Å². The Balaban J connectivity index is 2.01. The predicted octanol–water partition coefficient (Wildman–Crippen LogP) is 1.88. The minimum Gasteiger partial charge on any atom is -0.396 e. The molecule has 106 valence electrons. The van der Waals surface area contributed by atoms with Gasteiger partial charge in [-0.1, -0.05) is 26.7 Å². The third-order valence-electron chi connectivity index (χ3n) is 5.24. The monoisotopic (exact) mass is 255 g/mol. The maximum absolute atomic E-state index is 9.86. The van der Waals surface area contributed by atoms with Gasteiger partial charge in [0.2, 0.25) is 0 Å². The molecular formula is C15H29NO2. The minimum atomic E-state index is 0.0924. The molecule has 3 nitrogen and oxygen atoms in total. The normalized spacial score (nSPS) is 42.3. The second-order valence-corrected chi connectivity index (χ2v) is 6.85. The van der Waals surface area contributed by atoms with Crippen molar-refractivity contribution in [3.05, 3.63) is 0 Å². The van der Waals surface area contributed by atoms with E-state index in [0.29, 0.717) is 18.6 Å². The van der Waals surface area contributed by atoms with Gasteiger partial charge >= 0.3 is 0 Å². The van der Waals surface area contributed by atoms with Gasteiger partial charge in [-0.05, 0) is 37.6 Å². The van der Waals surface area contributed by atoms with Gasteiger partial charge in [-0.2, -0.15) is 0 Å². The molecule has 0 bridgehead atoms. The zero-order chi connectivity index (χ0) is 13.2. The zero-order valence-electron chi connectivity index (χ0n) is 11.9. The lowest BCUT2D eigenvalue weighted by Gasteiger charge is -2.42. The van der Waals surface area contributed by atoms with Crippen LogP contribution in [0.2, 0.25) is 0 Å². The highest BCUT2D eigenvalue weighted by molar-refractivity contribution is 4.92. The third kappa shape index (κ3) is 2.89. The molecule has 1 aliphatic heterocycles. The van der Waals surface area contributed by atoms with Gasteiger partial charge in [0.1, 0.15) is 0 Å². The standard InChI is InChI=1S/C15H29NO2/c1-12-4-3-6-15(8-12,11-18)10-16-7-5-13(2)14(16)9-17/h12-14,17-18H,3-11H2,1-2H3. The average Bonchev–Trinajstić information content (AvgIpc) is 2.69. The SMILES string of the molecule is CC1CCCC(CO)(CN2CCC(C)C2CO)C1. The molecule has 1 saturated heterocycles. The molecule has 1 saturated carbocycles. The molecule has 0 amide bonds. The zero-order valence-corrected chi connectivity index (χ0v) is 11.9. The molecule has 4 atom stereocenters. The van der Waals surface area contributed by atoms with Crippen LogP contribution in [0.25, 0.3) is 0 Å². The van der Waals surface area contributed by atoms with E-state index in [2.05, 4.69) is 18.7 Å². The maximum Gasteiger partial charge on any atom is 0.0589 e. The van der Waals surface area contributed by atoms with Crippen LogP contribution in [-0.2, 0) is 0 Å². The van der Waals surface area contributed by atoms with Gasteiger partial charge in [-0.15, -0.1) is 0 Å². The molecule has 1 aliphatic carbocycles. The van der Waals surface area contributed by atoms with E-state index < -0.39 is 0 Å². The highest BCUT2D eigenvalue weighted by Crippen LogP contribution is 2.41. The Bertz CT molecular complexity index is 271. The summed E-state index contributed by atoms with van der Waals surface area (Å²) in [5.41, 5.74) is 0.0924. The van der Waals surface area contributed by atoms with Crippen molar-refractivity contribution in [1.29, 1.82) is 0 Å². The van der Waals surface area contributed by atoms with Crippen LogP contribution in [0, 0.1) is 17.3 Å². The second kappa shape index (κ2) is 5.89. The summed E-state index contributed by atoms with van der Waals surface area (Å²) in [6.07, 6.45) is 6.03. The van der Waals surface area contributed by atoms with Crippen molar-refractivity contribution >= 4 is 0 Å². The smallest absolute Gasteiger partial charge is 0.0589 e. The molecule has 0 aromatic rings. The first-order chi connectivity index (χ1) is 8.60. The Hall–Kier alpha value is -0.120. The molecule has 1 heterocycles. The van der Waals surface area contributed by atoms with Crippen LogP contribution >= 0.6 is 0 Å². The van der Waals surface area contributed by atoms with E-state index in [0.717, 1.165) is 31.8 Å². The summed E-state index contributed by atoms with van der Waals surface area (Å²) < 4.78 is 0. The molecule has 0 aromatic heterocycles. The lowest BCUT2D eigenvalue weighted by Crippen LogP contribution is -2.46. The predicted molar refractivity (Wildman–Crippen MR) is 73.4 cm³/mol. The summed E-state index contributed by atoms with van der Waals surface area (Å²) >= 11 is 0. The number of nitrogens with zero attached hydrogens (tertiary/aromatic N) is 1. The number of hydrogen-bond acceptors (Lipinski definition) is 3. The lowest BCUT2D eigenvalue weighted by molar-refractivity contribution is 0.00964. The van der Waals surface area contributed by atoms with E-state index in [9.17, 15) is 10.2 Å². The summed E-state index contributed by atoms with van der Waals surface area (Å²) in [6.45, 7) is 7.17. The third-order valence-corrected chi connectivity index (χ3v) is 5.24. The highest BCUT2D eigenvalue weighted by Gasteiger charge is 2.40. The van der Waals surface area contributed by atoms with Gasteiger partial charge in [0.15, 0.2) is 0 Å². The maximum atomic E-state index is 9.86. The van der Waals surface area contributed by atoms with Gasteiger partial charge in [0, 0.05) is 24.6 Å². The van der Waals surface area contributed by atoms with Gasteiger partial charge in [-0.25, -0.2) is 0 Å². The molecule has 4 unspecified atom stereocenters. The molecular weight excluding hydrogens is 226 g/mol. The summed E-state index contributed by atoms with van der Waals surface area (Å²) in [6, 6.07) is 0.311. The topological polar surface area (TPSA) is 43.7 Å². The molecule has 0 spiro atoms.